The number of ether oxygens (including phenoxy) is 3. The van der Waals surface area contributed by atoms with Crippen LogP contribution in [0.2, 0.25) is 10.0 Å². The highest BCUT2D eigenvalue weighted by Gasteiger charge is 2.17. The Bertz CT molecular complexity index is 1430. The summed E-state index contributed by atoms with van der Waals surface area (Å²) in [5.41, 5.74) is 3.25. The largest absolute Gasteiger partial charge is 0.490 e. The fraction of sp³-hybridized carbons (Fsp3) is 0.222. The molecule has 5 nitrogen and oxygen atoms in total. The molecule has 1 aliphatic rings. The van der Waals surface area contributed by atoms with Crippen LogP contribution in [-0.4, -0.2) is 13.2 Å². The summed E-state index contributed by atoms with van der Waals surface area (Å²) in [5, 5.41) is 1.61. The highest BCUT2D eigenvalue weighted by Crippen LogP contribution is 2.34. The minimum Gasteiger partial charge on any atom is -0.490 e. The van der Waals surface area contributed by atoms with Crippen LogP contribution in [0.5, 0.6) is 17.2 Å². The molecule has 0 amide bonds. The standard InChI is InChI=1S/C27H22Cl2O5/c1-2-16-10-20-25(13-24(16)33-14-18-4-6-19(28)12-22(18)29)34-15-21(27(20)30)17-5-7-23-26(11-17)32-9-3-8-31-23/h4-7,10-13,15H,2-3,8-9,14H2,1H3. The SMILES string of the molecule is CCc1cc2c(=O)c(-c3ccc4c(c3)OCCCO4)coc2cc1OCc1ccc(Cl)cc1Cl. The molecule has 3 aromatic carbocycles. The zero-order valence-corrected chi connectivity index (χ0v) is 20.0. The van der Waals surface area contributed by atoms with E-state index in [1.54, 1.807) is 18.2 Å². The van der Waals surface area contributed by atoms with Gasteiger partial charge in [-0.1, -0.05) is 42.3 Å². The van der Waals surface area contributed by atoms with Crippen LogP contribution in [0.1, 0.15) is 24.5 Å². The Balaban J connectivity index is 1.49. The fourth-order valence-corrected chi connectivity index (χ4v) is 4.40. The average molecular weight is 497 g/mol. The molecule has 0 bridgehead atoms. The quantitative estimate of drug-likeness (QED) is 0.295. The van der Waals surface area contributed by atoms with E-state index in [1.807, 2.05) is 37.3 Å². The normalized spacial score (nSPS) is 13.0. The maximum absolute atomic E-state index is 13.4. The van der Waals surface area contributed by atoms with E-state index in [9.17, 15) is 4.79 Å². The van der Waals surface area contributed by atoms with Crippen molar-refractivity contribution in [1.29, 1.82) is 0 Å². The Labute approximate surface area is 206 Å². The van der Waals surface area contributed by atoms with Crippen molar-refractivity contribution in [1.82, 2.24) is 0 Å². The van der Waals surface area contributed by atoms with E-state index in [0.717, 1.165) is 23.1 Å². The molecular weight excluding hydrogens is 475 g/mol. The molecule has 4 aromatic rings. The van der Waals surface area contributed by atoms with E-state index in [1.165, 1.54) is 6.26 Å². The van der Waals surface area contributed by atoms with Gasteiger partial charge in [0.15, 0.2) is 11.5 Å². The molecule has 7 heteroatoms. The first-order valence-corrected chi connectivity index (χ1v) is 11.8. The number of fused-ring (bicyclic) bond motifs is 2. The van der Waals surface area contributed by atoms with Gasteiger partial charge in [-0.25, -0.2) is 0 Å². The van der Waals surface area contributed by atoms with Crippen LogP contribution in [0.4, 0.5) is 0 Å². The van der Waals surface area contributed by atoms with Gasteiger partial charge in [-0.05, 0) is 47.9 Å². The fourth-order valence-electron chi connectivity index (χ4n) is 3.94. The summed E-state index contributed by atoms with van der Waals surface area (Å²) in [6, 6.07) is 14.4. The molecule has 0 saturated carbocycles. The zero-order chi connectivity index (χ0) is 23.7. The molecule has 1 aromatic heterocycles. The second-order valence-electron chi connectivity index (χ2n) is 8.02. The lowest BCUT2D eigenvalue weighted by molar-refractivity contribution is 0.297. The van der Waals surface area contributed by atoms with Crippen LogP contribution in [-0.2, 0) is 13.0 Å². The van der Waals surface area contributed by atoms with Crippen LogP contribution in [0.3, 0.4) is 0 Å². The highest BCUT2D eigenvalue weighted by molar-refractivity contribution is 6.35. The molecule has 0 N–H and O–H groups in total. The second-order valence-corrected chi connectivity index (χ2v) is 8.87. The van der Waals surface area contributed by atoms with E-state index in [0.29, 0.717) is 63.5 Å². The smallest absolute Gasteiger partial charge is 0.200 e. The monoisotopic (exact) mass is 496 g/mol. The maximum Gasteiger partial charge on any atom is 0.200 e. The number of benzene rings is 3. The number of rotatable bonds is 5. The topological polar surface area (TPSA) is 57.9 Å². The molecule has 0 fully saturated rings. The first kappa shape index (κ1) is 22.6. The third-order valence-corrected chi connectivity index (χ3v) is 6.38. The molecule has 2 heterocycles. The van der Waals surface area contributed by atoms with Gasteiger partial charge in [-0.2, -0.15) is 0 Å². The van der Waals surface area contributed by atoms with Crippen molar-refractivity contribution in [2.24, 2.45) is 0 Å². The van der Waals surface area contributed by atoms with Crippen molar-refractivity contribution in [3.63, 3.8) is 0 Å². The summed E-state index contributed by atoms with van der Waals surface area (Å²) >= 11 is 12.3. The van der Waals surface area contributed by atoms with E-state index < -0.39 is 0 Å². The van der Waals surface area contributed by atoms with E-state index in [-0.39, 0.29) is 12.0 Å². The minimum absolute atomic E-state index is 0.113. The summed E-state index contributed by atoms with van der Waals surface area (Å²) < 4.78 is 23.4. The molecule has 5 rings (SSSR count). The number of hydrogen-bond acceptors (Lipinski definition) is 5. The second kappa shape index (κ2) is 9.61. The van der Waals surface area contributed by atoms with Gasteiger partial charge in [0, 0.05) is 28.1 Å². The first-order chi connectivity index (χ1) is 16.5. The number of halogens is 2. The third-order valence-electron chi connectivity index (χ3n) is 5.79. The molecule has 0 unspecified atom stereocenters. The zero-order valence-electron chi connectivity index (χ0n) is 18.5. The van der Waals surface area contributed by atoms with Gasteiger partial charge in [0.25, 0.3) is 0 Å². The van der Waals surface area contributed by atoms with Crippen molar-refractivity contribution in [3.05, 3.63) is 86.2 Å². The van der Waals surface area contributed by atoms with Crippen molar-refractivity contribution in [2.45, 2.75) is 26.4 Å². The molecule has 0 aliphatic carbocycles. The van der Waals surface area contributed by atoms with Crippen molar-refractivity contribution >= 4 is 34.2 Å². The van der Waals surface area contributed by atoms with Crippen molar-refractivity contribution in [3.8, 4) is 28.4 Å². The maximum atomic E-state index is 13.4. The molecule has 0 saturated heterocycles. The Hall–Kier alpha value is -3.15. The predicted molar refractivity (Wildman–Crippen MR) is 134 cm³/mol. The predicted octanol–water partition coefficient (Wildman–Crippen LogP) is 7.07. The van der Waals surface area contributed by atoms with Gasteiger partial charge in [0.2, 0.25) is 5.43 Å². The summed E-state index contributed by atoms with van der Waals surface area (Å²) in [5.74, 6) is 1.96. The Kier molecular flexibility index (Phi) is 6.40. The van der Waals surface area contributed by atoms with Crippen molar-refractivity contribution < 1.29 is 18.6 Å². The molecule has 0 radical (unpaired) electrons. The Morgan fingerprint density at radius 1 is 0.941 bits per heavy atom. The number of hydrogen-bond donors (Lipinski definition) is 0. The van der Waals surface area contributed by atoms with Gasteiger partial charge < -0.3 is 18.6 Å². The average Bonchev–Trinajstić information content (AvgIpc) is 3.08. The summed E-state index contributed by atoms with van der Waals surface area (Å²) in [7, 11) is 0. The number of aryl methyl sites for hydroxylation is 1. The molecule has 0 spiro atoms. The first-order valence-electron chi connectivity index (χ1n) is 11.1. The van der Waals surface area contributed by atoms with Gasteiger partial charge in [-0.15, -0.1) is 0 Å². The van der Waals surface area contributed by atoms with Gasteiger partial charge in [-0.3, -0.25) is 4.79 Å². The van der Waals surface area contributed by atoms with Crippen molar-refractivity contribution in [2.75, 3.05) is 13.2 Å². The molecule has 0 atom stereocenters. The molecular formula is C27H22Cl2O5. The van der Waals surface area contributed by atoms with Gasteiger partial charge >= 0.3 is 0 Å². The minimum atomic E-state index is -0.113. The van der Waals surface area contributed by atoms with Crippen LogP contribution in [0.15, 0.2) is 64.0 Å². The van der Waals surface area contributed by atoms with E-state index in [2.05, 4.69) is 0 Å². The summed E-state index contributed by atoms with van der Waals surface area (Å²) in [6.45, 7) is 3.47. The highest BCUT2D eigenvalue weighted by atomic mass is 35.5. The van der Waals surface area contributed by atoms with Gasteiger partial charge in [0.05, 0.1) is 24.2 Å². The van der Waals surface area contributed by atoms with Crippen LogP contribution >= 0.6 is 23.2 Å². The van der Waals surface area contributed by atoms with E-state index >= 15 is 0 Å². The van der Waals surface area contributed by atoms with Crippen LogP contribution < -0.4 is 19.6 Å². The van der Waals surface area contributed by atoms with Crippen LogP contribution in [0, 0.1) is 0 Å². The molecule has 1 aliphatic heterocycles. The lowest BCUT2D eigenvalue weighted by Crippen LogP contribution is -2.07. The Morgan fingerprint density at radius 2 is 1.76 bits per heavy atom. The lowest BCUT2D eigenvalue weighted by Gasteiger charge is -2.13. The van der Waals surface area contributed by atoms with Gasteiger partial charge in [0.1, 0.15) is 24.2 Å². The van der Waals surface area contributed by atoms with Crippen LogP contribution in [0.25, 0.3) is 22.1 Å². The molecule has 174 valence electrons. The summed E-state index contributed by atoms with van der Waals surface area (Å²) in [4.78, 5) is 13.4. The lowest BCUT2D eigenvalue weighted by atomic mass is 10.0. The van der Waals surface area contributed by atoms with E-state index in [4.69, 9.17) is 41.8 Å². The Morgan fingerprint density at radius 3 is 2.56 bits per heavy atom. The summed E-state index contributed by atoms with van der Waals surface area (Å²) in [6.07, 6.45) is 2.99. The third kappa shape index (κ3) is 4.46. The molecule has 34 heavy (non-hydrogen) atoms.